The monoisotopic (exact) mass is 284 g/mol. The van der Waals surface area contributed by atoms with Gasteiger partial charge in [-0.15, -0.1) is 0 Å². The number of carbonyl (C=O) groups is 1. The lowest BCUT2D eigenvalue weighted by Crippen LogP contribution is -2.46. The third kappa shape index (κ3) is 2.95. The van der Waals surface area contributed by atoms with Gasteiger partial charge in [0.25, 0.3) is 0 Å². The average molecular weight is 284 g/mol. The normalized spacial score (nSPS) is 13.5. The molecule has 0 spiro atoms. The number of pyridine rings is 1. The van der Waals surface area contributed by atoms with E-state index in [2.05, 4.69) is 4.98 Å². The molecule has 0 amide bonds. The number of aromatic nitrogens is 1. The van der Waals surface area contributed by atoms with E-state index in [9.17, 15) is 4.79 Å². The van der Waals surface area contributed by atoms with Crippen LogP contribution in [0, 0.1) is 6.92 Å². The number of esters is 1. The van der Waals surface area contributed by atoms with E-state index in [0.29, 0.717) is 6.42 Å². The molecule has 0 aliphatic rings. The Kier molecular flexibility index (Phi) is 4.70. The van der Waals surface area contributed by atoms with Crippen molar-refractivity contribution >= 4 is 5.97 Å². The minimum absolute atomic E-state index is 0.187. The van der Waals surface area contributed by atoms with Crippen LogP contribution in [0.2, 0.25) is 0 Å². The molecule has 21 heavy (non-hydrogen) atoms. The average Bonchev–Trinajstić information content (AvgIpc) is 2.53. The van der Waals surface area contributed by atoms with Crippen LogP contribution in [0.4, 0.5) is 0 Å². The third-order valence-corrected chi connectivity index (χ3v) is 3.84. The lowest BCUT2D eigenvalue weighted by Gasteiger charge is -2.31. The Balaban J connectivity index is 2.54. The van der Waals surface area contributed by atoms with Crippen LogP contribution in [0.3, 0.4) is 0 Å². The maximum atomic E-state index is 12.5. The predicted molar refractivity (Wildman–Crippen MR) is 81.9 cm³/mol. The summed E-state index contributed by atoms with van der Waals surface area (Å²) in [4.78, 5) is 16.5. The minimum Gasteiger partial charge on any atom is -0.468 e. The molecule has 2 rings (SSSR count). The van der Waals surface area contributed by atoms with E-state index in [-0.39, 0.29) is 12.5 Å². The molecule has 0 saturated heterocycles. The fourth-order valence-corrected chi connectivity index (χ4v) is 2.70. The molecular weight excluding hydrogens is 264 g/mol. The van der Waals surface area contributed by atoms with Gasteiger partial charge in [0.05, 0.1) is 7.11 Å². The number of nitrogens with two attached hydrogens (primary N) is 1. The van der Waals surface area contributed by atoms with Gasteiger partial charge in [0, 0.05) is 18.9 Å². The highest BCUT2D eigenvalue weighted by atomic mass is 16.5. The van der Waals surface area contributed by atoms with Gasteiger partial charge < -0.3 is 10.5 Å². The molecule has 0 bridgehead atoms. The van der Waals surface area contributed by atoms with Crippen LogP contribution in [-0.2, 0) is 21.4 Å². The predicted octanol–water partition coefficient (Wildman–Crippen LogP) is 2.00. The number of aryl methyl sites for hydroxylation is 1. The van der Waals surface area contributed by atoms with Crippen LogP contribution in [0.15, 0.2) is 48.8 Å². The Morgan fingerprint density at radius 3 is 2.48 bits per heavy atom. The van der Waals surface area contributed by atoms with Gasteiger partial charge in [0.1, 0.15) is 5.41 Å². The summed E-state index contributed by atoms with van der Waals surface area (Å²) in [6.07, 6.45) is 3.92. The Hall–Kier alpha value is -2.20. The molecule has 0 aliphatic heterocycles. The fraction of sp³-hybridized carbons (Fsp3) is 0.294. The molecule has 0 radical (unpaired) electrons. The van der Waals surface area contributed by atoms with Gasteiger partial charge in [-0.05, 0) is 42.2 Å². The van der Waals surface area contributed by atoms with Crippen molar-refractivity contribution in [3.8, 4) is 0 Å². The Bertz CT molecular complexity index is 613. The lowest BCUT2D eigenvalue weighted by molar-refractivity contribution is -0.147. The summed E-state index contributed by atoms with van der Waals surface area (Å²) in [7, 11) is 1.40. The van der Waals surface area contributed by atoms with Gasteiger partial charge in [-0.25, -0.2) is 0 Å². The van der Waals surface area contributed by atoms with Crippen molar-refractivity contribution in [2.75, 3.05) is 13.7 Å². The zero-order valence-electron chi connectivity index (χ0n) is 12.4. The van der Waals surface area contributed by atoms with Crippen LogP contribution < -0.4 is 5.73 Å². The first kappa shape index (κ1) is 15.2. The molecule has 1 aromatic carbocycles. The van der Waals surface area contributed by atoms with Crippen molar-refractivity contribution < 1.29 is 9.53 Å². The van der Waals surface area contributed by atoms with Crippen molar-refractivity contribution in [3.63, 3.8) is 0 Å². The Morgan fingerprint density at radius 1 is 1.24 bits per heavy atom. The van der Waals surface area contributed by atoms with E-state index < -0.39 is 5.41 Å². The highest BCUT2D eigenvalue weighted by Crippen LogP contribution is 2.31. The number of hydrogen-bond acceptors (Lipinski definition) is 4. The molecule has 0 fully saturated rings. The van der Waals surface area contributed by atoms with Gasteiger partial charge in [0.2, 0.25) is 0 Å². The van der Waals surface area contributed by atoms with Crippen LogP contribution in [-0.4, -0.2) is 24.6 Å². The largest absolute Gasteiger partial charge is 0.468 e. The zero-order valence-corrected chi connectivity index (χ0v) is 12.4. The van der Waals surface area contributed by atoms with Crippen molar-refractivity contribution in [2.24, 2.45) is 5.73 Å². The molecule has 110 valence electrons. The first-order valence-corrected chi connectivity index (χ1v) is 6.87. The molecule has 1 unspecified atom stereocenters. The second-order valence-corrected chi connectivity index (χ2v) is 5.12. The van der Waals surface area contributed by atoms with Crippen molar-refractivity contribution in [1.82, 2.24) is 4.98 Å². The lowest BCUT2D eigenvalue weighted by atomic mass is 9.74. The fourth-order valence-electron chi connectivity index (χ4n) is 2.70. The molecule has 2 N–H and O–H groups in total. The van der Waals surface area contributed by atoms with Crippen LogP contribution >= 0.6 is 0 Å². The zero-order chi connectivity index (χ0) is 15.3. The summed E-state index contributed by atoms with van der Waals surface area (Å²) in [5, 5.41) is 0. The van der Waals surface area contributed by atoms with Gasteiger partial charge >= 0.3 is 5.97 Å². The summed E-state index contributed by atoms with van der Waals surface area (Å²) < 4.78 is 5.05. The van der Waals surface area contributed by atoms with Crippen LogP contribution in [0.1, 0.15) is 16.7 Å². The number of nitrogens with zero attached hydrogens (tertiary/aromatic N) is 1. The topological polar surface area (TPSA) is 65.2 Å². The molecule has 1 aromatic heterocycles. The summed E-state index contributed by atoms with van der Waals surface area (Å²) in [6, 6.07) is 11.6. The molecule has 4 heteroatoms. The first-order chi connectivity index (χ1) is 10.1. The maximum Gasteiger partial charge on any atom is 0.317 e. The van der Waals surface area contributed by atoms with E-state index in [1.54, 1.807) is 12.4 Å². The summed E-state index contributed by atoms with van der Waals surface area (Å²) in [5.74, 6) is -0.309. The van der Waals surface area contributed by atoms with E-state index in [4.69, 9.17) is 10.5 Å². The number of hydrogen-bond donors (Lipinski definition) is 1. The van der Waals surface area contributed by atoms with Gasteiger partial charge in [-0.1, -0.05) is 24.3 Å². The summed E-state index contributed by atoms with van der Waals surface area (Å²) >= 11 is 0. The highest BCUT2D eigenvalue weighted by molar-refractivity contribution is 5.84. The number of rotatable bonds is 5. The van der Waals surface area contributed by atoms with Crippen molar-refractivity contribution in [2.45, 2.75) is 18.8 Å². The second kappa shape index (κ2) is 6.50. The molecule has 4 nitrogen and oxygen atoms in total. The van der Waals surface area contributed by atoms with E-state index in [0.717, 1.165) is 16.7 Å². The van der Waals surface area contributed by atoms with Crippen LogP contribution in [0.25, 0.3) is 0 Å². The summed E-state index contributed by atoms with van der Waals surface area (Å²) in [5.41, 5.74) is 8.09. The van der Waals surface area contributed by atoms with E-state index in [1.807, 2.05) is 43.3 Å². The smallest absolute Gasteiger partial charge is 0.317 e. The molecule has 1 heterocycles. The maximum absolute atomic E-state index is 12.5. The molecule has 0 saturated carbocycles. The minimum atomic E-state index is -0.874. The highest BCUT2D eigenvalue weighted by Gasteiger charge is 2.41. The van der Waals surface area contributed by atoms with Gasteiger partial charge in [0.15, 0.2) is 0 Å². The number of methoxy groups -OCH3 is 1. The Labute approximate surface area is 125 Å². The first-order valence-electron chi connectivity index (χ1n) is 6.87. The standard InChI is InChI=1S/C17H20N2O2/c1-13-5-3-4-6-15(13)17(12-18,16(20)21-2)11-14-7-9-19-10-8-14/h3-10H,11-12,18H2,1-2H3. The molecular formula is C17H20N2O2. The quantitative estimate of drug-likeness (QED) is 0.853. The summed E-state index contributed by atoms with van der Waals surface area (Å²) in [6.45, 7) is 2.17. The molecule has 2 aromatic rings. The number of benzene rings is 1. The number of ether oxygens (including phenoxy) is 1. The molecule has 1 atom stereocenters. The SMILES string of the molecule is COC(=O)C(CN)(Cc1ccncc1)c1ccccc1C. The van der Waals surface area contributed by atoms with Gasteiger partial charge in [-0.2, -0.15) is 0 Å². The van der Waals surface area contributed by atoms with E-state index >= 15 is 0 Å². The second-order valence-electron chi connectivity index (χ2n) is 5.12. The number of carbonyl (C=O) groups excluding carboxylic acids is 1. The third-order valence-electron chi connectivity index (χ3n) is 3.84. The van der Waals surface area contributed by atoms with Crippen LogP contribution in [0.5, 0.6) is 0 Å². The van der Waals surface area contributed by atoms with Crippen molar-refractivity contribution in [1.29, 1.82) is 0 Å². The molecule has 0 aliphatic carbocycles. The van der Waals surface area contributed by atoms with Crippen molar-refractivity contribution in [3.05, 3.63) is 65.5 Å². The van der Waals surface area contributed by atoms with E-state index in [1.165, 1.54) is 7.11 Å². The van der Waals surface area contributed by atoms with Gasteiger partial charge in [-0.3, -0.25) is 9.78 Å². The Morgan fingerprint density at radius 2 is 1.90 bits per heavy atom.